The quantitative estimate of drug-likeness (QED) is 0.534. The number of fused-ring (bicyclic) bond motifs is 1. The lowest BCUT2D eigenvalue weighted by Gasteiger charge is -2.06. The van der Waals surface area contributed by atoms with Gasteiger partial charge in [0.25, 0.3) is 5.56 Å². The SMILES string of the molecule is Cc1ccc(-n2ncc3c(=O)n(CC(=O)c4ccccc4)cnc32)cc1. The van der Waals surface area contributed by atoms with E-state index in [0.29, 0.717) is 16.6 Å². The normalized spacial score (nSPS) is 11.0. The highest BCUT2D eigenvalue weighted by atomic mass is 16.1. The van der Waals surface area contributed by atoms with Crippen LogP contribution in [0.2, 0.25) is 0 Å². The first-order valence-corrected chi connectivity index (χ1v) is 8.22. The van der Waals surface area contributed by atoms with Gasteiger partial charge < -0.3 is 0 Å². The zero-order valence-electron chi connectivity index (χ0n) is 14.2. The van der Waals surface area contributed by atoms with Gasteiger partial charge in [0.1, 0.15) is 11.7 Å². The summed E-state index contributed by atoms with van der Waals surface area (Å²) in [6, 6.07) is 16.7. The smallest absolute Gasteiger partial charge is 0.264 e. The van der Waals surface area contributed by atoms with E-state index in [9.17, 15) is 9.59 Å². The van der Waals surface area contributed by atoms with E-state index in [1.54, 1.807) is 28.9 Å². The Kier molecular flexibility index (Phi) is 3.93. The fourth-order valence-electron chi connectivity index (χ4n) is 2.81. The summed E-state index contributed by atoms with van der Waals surface area (Å²) in [5.74, 6) is -0.139. The van der Waals surface area contributed by atoms with Gasteiger partial charge in [-0.1, -0.05) is 48.0 Å². The second kappa shape index (κ2) is 6.40. The number of Topliss-reactive ketones (excluding diaryl/α,β-unsaturated/α-hetero) is 1. The number of nitrogens with zero attached hydrogens (tertiary/aromatic N) is 4. The van der Waals surface area contributed by atoms with E-state index >= 15 is 0 Å². The van der Waals surface area contributed by atoms with E-state index in [1.807, 2.05) is 37.3 Å². The molecule has 0 aliphatic rings. The molecule has 0 saturated carbocycles. The maximum absolute atomic E-state index is 12.7. The molecule has 0 unspecified atom stereocenters. The highest BCUT2D eigenvalue weighted by Crippen LogP contribution is 2.14. The fraction of sp³-hybridized carbons (Fsp3) is 0.100. The summed E-state index contributed by atoms with van der Waals surface area (Å²) in [4.78, 5) is 29.4. The van der Waals surface area contributed by atoms with Crippen molar-refractivity contribution >= 4 is 16.8 Å². The van der Waals surface area contributed by atoms with Gasteiger partial charge in [-0.2, -0.15) is 5.10 Å². The summed E-state index contributed by atoms with van der Waals surface area (Å²) < 4.78 is 2.94. The third-order valence-corrected chi connectivity index (χ3v) is 4.24. The van der Waals surface area contributed by atoms with Gasteiger partial charge in [0.15, 0.2) is 11.4 Å². The van der Waals surface area contributed by atoms with Gasteiger partial charge in [-0.3, -0.25) is 14.2 Å². The van der Waals surface area contributed by atoms with Crippen LogP contribution in [0.3, 0.4) is 0 Å². The number of ketones is 1. The van der Waals surface area contributed by atoms with Crippen molar-refractivity contribution in [2.45, 2.75) is 13.5 Å². The molecule has 4 aromatic rings. The average molecular weight is 344 g/mol. The molecule has 2 heterocycles. The number of carbonyl (C=O) groups is 1. The number of carbonyl (C=O) groups excluding carboxylic acids is 1. The highest BCUT2D eigenvalue weighted by molar-refractivity contribution is 5.95. The van der Waals surface area contributed by atoms with Crippen molar-refractivity contribution in [3.05, 3.63) is 88.6 Å². The molecule has 0 radical (unpaired) electrons. The minimum Gasteiger partial charge on any atom is -0.292 e. The van der Waals surface area contributed by atoms with Crippen LogP contribution in [0.5, 0.6) is 0 Å². The maximum atomic E-state index is 12.7. The van der Waals surface area contributed by atoms with Gasteiger partial charge in [-0.25, -0.2) is 9.67 Å². The molecule has 2 aromatic heterocycles. The van der Waals surface area contributed by atoms with Crippen molar-refractivity contribution in [1.82, 2.24) is 19.3 Å². The second-order valence-electron chi connectivity index (χ2n) is 6.10. The predicted octanol–water partition coefficient (Wildman–Crippen LogP) is 2.77. The van der Waals surface area contributed by atoms with Gasteiger partial charge >= 0.3 is 0 Å². The van der Waals surface area contributed by atoms with E-state index < -0.39 is 0 Å². The van der Waals surface area contributed by atoms with Crippen LogP contribution in [-0.2, 0) is 6.54 Å². The number of rotatable bonds is 4. The number of hydrogen-bond acceptors (Lipinski definition) is 4. The molecule has 0 saturated heterocycles. The third-order valence-electron chi connectivity index (χ3n) is 4.24. The predicted molar refractivity (Wildman–Crippen MR) is 98.6 cm³/mol. The van der Waals surface area contributed by atoms with E-state index in [1.165, 1.54) is 17.1 Å². The Hall–Kier alpha value is -3.54. The van der Waals surface area contributed by atoms with Crippen molar-refractivity contribution in [1.29, 1.82) is 0 Å². The highest BCUT2D eigenvalue weighted by Gasteiger charge is 2.13. The Labute approximate surface area is 149 Å². The lowest BCUT2D eigenvalue weighted by molar-refractivity contribution is 0.0970. The topological polar surface area (TPSA) is 69.8 Å². The Bertz CT molecular complexity index is 1140. The minimum atomic E-state index is -0.280. The van der Waals surface area contributed by atoms with Crippen molar-refractivity contribution < 1.29 is 4.79 Å². The molecule has 26 heavy (non-hydrogen) atoms. The van der Waals surface area contributed by atoms with Gasteiger partial charge in [0.2, 0.25) is 0 Å². The Morgan fingerprint density at radius 3 is 2.50 bits per heavy atom. The molecule has 0 amide bonds. The van der Waals surface area contributed by atoms with Crippen LogP contribution in [0, 0.1) is 6.92 Å². The van der Waals surface area contributed by atoms with E-state index in [0.717, 1.165) is 11.3 Å². The molecule has 2 aromatic carbocycles. The lowest BCUT2D eigenvalue weighted by atomic mass is 10.1. The molecular weight excluding hydrogens is 328 g/mol. The molecule has 0 aliphatic heterocycles. The number of aromatic nitrogens is 4. The number of benzene rings is 2. The fourth-order valence-corrected chi connectivity index (χ4v) is 2.81. The van der Waals surface area contributed by atoms with Crippen LogP contribution in [-0.4, -0.2) is 25.1 Å². The number of aryl methyl sites for hydroxylation is 1. The second-order valence-corrected chi connectivity index (χ2v) is 6.10. The van der Waals surface area contributed by atoms with Crippen molar-refractivity contribution in [3.8, 4) is 5.69 Å². The van der Waals surface area contributed by atoms with Crippen LogP contribution in [0.4, 0.5) is 0 Å². The van der Waals surface area contributed by atoms with Crippen LogP contribution in [0.15, 0.2) is 71.9 Å². The molecule has 6 nitrogen and oxygen atoms in total. The molecule has 0 fully saturated rings. The van der Waals surface area contributed by atoms with Gasteiger partial charge in [-0.05, 0) is 19.1 Å². The van der Waals surface area contributed by atoms with Gasteiger partial charge in [0.05, 0.1) is 18.4 Å². The largest absolute Gasteiger partial charge is 0.292 e. The maximum Gasteiger partial charge on any atom is 0.264 e. The number of hydrogen-bond donors (Lipinski definition) is 0. The summed E-state index contributed by atoms with van der Waals surface area (Å²) in [7, 11) is 0. The van der Waals surface area contributed by atoms with Crippen molar-refractivity contribution in [2.24, 2.45) is 0 Å². The molecule has 0 N–H and O–H groups in total. The first kappa shape index (κ1) is 16.0. The molecule has 0 atom stereocenters. The standard InChI is InChI=1S/C20H16N4O2/c1-14-7-9-16(10-8-14)24-19-17(11-22-24)20(26)23(13-21-19)12-18(25)15-5-3-2-4-6-15/h2-11,13H,12H2,1H3. The zero-order valence-corrected chi connectivity index (χ0v) is 14.2. The third kappa shape index (κ3) is 2.82. The molecule has 128 valence electrons. The summed E-state index contributed by atoms with van der Waals surface area (Å²) in [5.41, 5.74) is 2.73. The minimum absolute atomic E-state index is 0.0541. The molecule has 4 rings (SSSR count). The lowest BCUT2D eigenvalue weighted by Crippen LogP contribution is -2.24. The average Bonchev–Trinajstić information content (AvgIpc) is 3.10. The summed E-state index contributed by atoms with van der Waals surface area (Å²) in [5, 5.41) is 4.67. The Balaban J connectivity index is 1.71. The first-order valence-electron chi connectivity index (χ1n) is 8.22. The van der Waals surface area contributed by atoms with Gasteiger partial charge in [-0.15, -0.1) is 0 Å². The Morgan fingerprint density at radius 1 is 1.04 bits per heavy atom. The van der Waals surface area contributed by atoms with E-state index in [-0.39, 0.29) is 17.9 Å². The van der Waals surface area contributed by atoms with Gasteiger partial charge in [0, 0.05) is 5.56 Å². The first-order chi connectivity index (χ1) is 12.6. The molecule has 6 heteroatoms. The summed E-state index contributed by atoms with van der Waals surface area (Å²) >= 11 is 0. The van der Waals surface area contributed by atoms with Crippen molar-refractivity contribution in [3.63, 3.8) is 0 Å². The molecule has 0 aliphatic carbocycles. The zero-order chi connectivity index (χ0) is 18.1. The summed E-state index contributed by atoms with van der Waals surface area (Å²) in [6.07, 6.45) is 2.89. The molecule has 0 bridgehead atoms. The monoisotopic (exact) mass is 344 g/mol. The van der Waals surface area contributed by atoms with Crippen molar-refractivity contribution in [2.75, 3.05) is 0 Å². The van der Waals surface area contributed by atoms with Crippen LogP contribution < -0.4 is 5.56 Å². The van der Waals surface area contributed by atoms with E-state index in [2.05, 4.69) is 10.1 Å². The van der Waals surface area contributed by atoms with Crippen LogP contribution in [0.1, 0.15) is 15.9 Å². The van der Waals surface area contributed by atoms with Crippen LogP contribution >= 0.6 is 0 Å². The van der Waals surface area contributed by atoms with E-state index in [4.69, 9.17) is 0 Å². The molecular formula is C20H16N4O2. The Morgan fingerprint density at radius 2 is 1.77 bits per heavy atom. The molecule has 0 spiro atoms. The van der Waals surface area contributed by atoms with Crippen LogP contribution in [0.25, 0.3) is 16.7 Å². The summed E-state index contributed by atoms with van der Waals surface area (Å²) in [6.45, 7) is 1.95.